The third kappa shape index (κ3) is 6.63. The van der Waals surface area contributed by atoms with Crippen molar-refractivity contribution in [1.82, 2.24) is 0 Å². The van der Waals surface area contributed by atoms with Crippen molar-refractivity contribution >= 4 is 43.9 Å². The quantitative estimate of drug-likeness (QED) is 0.121. The number of aliphatic imine (C=N–C) groups is 1. The molecule has 10 aromatic rings. The molecule has 0 atom stereocenters. The zero-order valence-electron chi connectivity index (χ0n) is 35.5. The lowest BCUT2D eigenvalue weighted by atomic mass is 9.76. The highest BCUT2D eigenvalue weighted by atomic mass is 14.9. The van der Waals surface area contributed by atoms with E-state index in [0.717, 1.165) is 22.2 Å². The van der Waals surface area contributed by atoms with Gasteiger partial charge in [-0.2, -0.15) is 0 Å². The molecule has 2 heteroatoms. The zero-order chi connectivity index (χ0) is 42.5. The van der Waals surface area contributed by atoms with Crippen LogP contribution in [0, 0.1) is 0 Å². The van der Waals surface area contributed by atoms with Gasteiger partial charge in [0.05, 0.1) is 5.70 Å². The summed E-state index contributed by atoms with van der Waals surface area (Å²) in [6.45, 7) is 4.80. The van der Waals surface area contributed by atoms with Crippen LogP contribution in [0.5, 0.6) is 0 Å². The minimum Gasteiger partial charge on any atom is -0.383 e. The van der Waals surface area contributed by atoms with Crippen LogP contribution in [-0.2, 0) is 11.8 Å². The first kappa shape index (κ1) is 38.1. The van der Waals surface area contributed by atoms with Gasteiger partial charge in [-0.1, -0.05) is 232 Å². The van der Waals surface area contributed by atoms with Crippen molar-refractivity contribution in [3.8, 4) is 44.5 Å². The fourth-order valence-corrected chi connectivity index (χ4v) is 10.2. The Balaban J connectivity index is 1.02. The van der Waals surface area contributed by atoms with E-state index in [4.69, 9.17) is 10.7 Å². The van der Waals surface area contributed by atoms with Crippen LogP contribution in [-0.4, -0.2) is 5.84 Å². The van der Waals surface area contributed by atoms with Crippen LogP contribution in [0.15, 0.2) is 223 Å². The molecule has 11 rings (SSSR count). The molecule has 300 valence electrons. The zero-order valence-corrected chi connectivity index (χ0v) is 35.5. The van der Waals surface area contributed by atoms with Crippen LogP contribution >= 0.6 is 0 Å². The molecule has 0 saturated heterocycles. The van der Waals surface area contributed by atoms with Crippen molar-refractivity contribution in [1.29, 1.82) is 0 Å². The number of allylic oxidation sites excluding steroid dienone is 1. The minimum absolute atomic E-state index is 0.183. The van der Waals surface area contributed by atoms with Gasteiger partial charge in [-0.05, 0) is 99.9 Å². The summed E-state index contributed by atoms with van der Waals surface area (Å²) in [7, 11) is 0. The van der Waals surface area contributed by atoms with Gasteiger partial charge in [0.25, 0.3) is 0 Å². The SMILES string of the molecule is CC1(C)c2c(cccc2-c2ccc(-c3ccc(/C(=C/Cc4ccc(-c5ccccc5)cc4)N=C(N)c4ccccc4)c4ccccc34)c3ccccc23)-c2ccc3ccccc3c21. The summed E-state index contributed by atoms with van der Waals surface area (Å²) < 4.78 is 0. The third-order valence-electron chi connectivity index (χ3n) is 13.1. The van der Waals surface area contributed by atoms with E-state index < -0.39 is 0 Å². The summed E-state index contributed by atoms with van der Waals surface area (Å²) in [6, 6.07) is 76.5. The van der Waals surface area contributed by atoms with E-state index in [9.17, 15) is 0 Å². The molecule has 2 N–H and O–H groups in total. The average Bonchev–Trinajstić information content (AvgIpc) is 3.59. The van der Waals surface area contributed by atoms with Crippen LogP contribution in [0.25, 0.3) is 82.5 Å². The van der Waals surface area contributed by atoms with Crippen LogP contribution in [0.1, 0.15) is 41.7 Å². The Labute approximate surface area is 369 Å². The highest BCUT2D eigenvalue weighted by molar-refractivity contribution is 6.13. The first-order valence-electron chi connectivity index (χ1n) is 21.9. The molecule has 1 aliphatic rings. The summed E-state index contributed by atoms with van der Waals surface area (Å²) >= 11 is 0. The Morgan fingerprint density at radius 3 is 1.60 bits per heavy atom. The van der Waals surface area contributed by atoms with Gasteiger partial charge in [0, 0.05) is 16.5 Å². The number of hydrogen-bond donors (Lipinski definition) is 1. The normalized spacial score (nSPS) is 13.4. The Morgan fingerprint density at radius 1 is 0.429 bits per heavy atom. The summed E-state index contributed by atoms with van der Waals surface area (Å²) in [4.78, 5) is 5.17. The lowest BCUT2D eigenvalue weighted by Crippen LogP contribution is -2.17. The predicted octanol–water partition coefficient (Wildman–Crippen LogP) is 15.4. The maximum atomic E-state index is 6.78. The van der Waals surface area contributed by atoms with Gasteiger partial charge in [-0.25, -0.2) is 4.99 Å². The lowest BCUT2D eigenvalue weighted by Gasteiger charge is -2.26. The standard InChI is InChI=1S/C61H46N2/c1-61(2)58-45-21-10-9-18-43(45)33-34-56(58)55-27-15-26-54(59(55)61)52-36-35-50(46-22-11-12-23-47(46)52)51-37-38-53(49-25-14-13-24-48(49)51)57(63-60(62)44-19-7-4-8-20-44)39-30-40-28-31-42(32-29-40)41-16-5-3-6-17-41/h3-29,31-39H,30H2,1-2H3,(H2,62,63)/b57-39-. The van der Waals surface area contributed by atoms with E-state index >= 15 is 0 Å². The van der Waals surface area contributed by atoms with Gasteiger partial charge in [0.15, 0.2) is 0 Å². The molecule has 0 unspecified atom stereocenters. The van der Waals surface area contributed by atoms with Crippen LogP contribution in [0.4, 0.5) is 0 Å². The summed E-state index contributed by atoms with van der Waals surface area (Å²) in [5, 5.41) is 7.39. The number of rotatable bonds is 8. The van der Waals surface area contributed by atoms with E-state index in [0.29, 0.717) is 12.3 Å². The van der Waals surface area contributed by atoms with Crippen LogP contribution < -0.4 is 5.73 Å². The number of hydrogen-bond acceptors (Lipinski definition) is 1. The van der Waals surface area contributed by atoms with Crippen LogP contribution in [0.2, 0.25) is 0 Å². The Morgan fingerprint density at radius 2 is 0.921 bits per heavy atom. The van der Waals surface area contributed by atoms with Crippen molar-refractivity contribution in [2.24, 2.45) is 10.7 Å². The predicted molar refractivity (Wildman–Crippen MR) is 268 cm³/mol. The number of nitrogens with two attached hydrogens (primary N) is 1. The van der Waals surface area contributed by atoms with E-state index in [1.807, 2.05) is 30.3 Å². The number of benzene rings is 10. The molecule has 0 amide bonds. The first-order chi connectivity index (χ1) is 30.9. The highest BCUT2D eigenvalue weighted by Crippen LogP contribution is 2.55. The molecule has 0 spiro atoms. The van der Waals surface area contributed by atoms with Crippen LogP contribution in [0.3, 0.4) is 0 Å². The second-order valence-electron chi connectivity index (χ2n) is 17.2. The van der Waals surface area contributed by atoms with Crippen molar-refractivity contribution in [3.63, 3.8) is 0 Å². The second kappa shape index (κ2) is 15.6. The largest absolute Gasteiger partial charge is 0.383 e. The van der Waals surface area contributed by atoms with Gasteiger partial charge in [-0.3, -0.25) is 0 Å². The maximum Gasteiger partial charge on any atom is 0.131 e. The van der Waals surface area contributed by atoms with Gasteiger partial charge < -0.3 is 5.73 Å². The lowest BCUT2D eigenvalue weighted by molar-refractivity contribution is 0.668. The maximum absolute atomic E-state index is 6.78. The van der Waals surface area contributed by atoms with Crippen molar-refractivity contribution in [2.45, 2.75) is 25.7 Å². The second-order valence-corrected chi connectivity index (χ2v) is 17.2. The Hall–Kier alpha value is -7.81. The van der Waals surface area contributed by atoms with Gasteiger partial charge >= 0.3 is 0 Å². The molecule has 63 heavy (non-hydrogen) atoms. The monoisotopic (exact) mass is 806 g/mol. The Kier molecular flexibility index (Phi) is 9.43. The fraction of sp³-hybridized carbons (Fsp3) is 0.0656. The average molecular weight is 807 g/mol. The van der Waals surface area contributed by atoms with Gasteiger partial charge in [-0.15, -0.1) is 0 Å². The molecular formula is C61H46N2. The minimum atomic E-state index is -0.183. The molecule has 0 bridgehead atoms. The fourth-order valence-electron chi connectivity index (χ4n) is 10.2. The number of amidine groups is 1. The van der Waals surface area contributed by atoms with E-state index in [1.165, 1.54) is 88.1 Å². The topological polar surface area (TPSA) is 38.4 Å². The first-order valence-corrected chi connectivity index (χ1v) is 21.9. The molecular weight excluding hydrogens is 761 g/mol. The molecule has 0 aliphatic heterocycles. The van der Waals surface area contributed by atoms with Crippen molar-refractivity contribution < 1.29 is 0 Å². The number of nitrogens with zero attached hydrogens (tertiary/aromatic N) is 1. The number of fused-ring (bicyclic) bond motifs is 7. The summed E-state index contributed by atoms with van der Waals surface area (Å²) in [6.07, 6.45) is 2.93. The molecule has 0 aromatic heterocycles. The molecule has 0 saturated carbocycles. The van der Waals surface area contributed by atoms with E-state index in [1.54, 1.807) is 0 Å². The van der Waals surface area contributed by atoms with E-state index in [2.05, 4.69) is 202 Å². The molecule has 1 aliphatic carbocycles. The van der Waals surface area contributed by atoms with Crippen molar-refractivity contribution in [3.05, 3.63) is 246 Å². The smallest absolute Gasteiger partial charge is 0.131 e. The molecule has 0 heterocycles. The highest BCUT2D eigenvalue weighted by Gasteiger charge is 2.39. The van der Waals surface area contributed by atoms with Gasteiger partial charge in [0.1, 0.15) is 5.84 Å². The Bertz CT molecular complexity index is 3430. The van der Waals surface area contributed by atoms with Gasteiger partial charge in [0.2, 0.25) is 0 Å². The van der Waals surface area contributed by atoms with Crippen molar-refractivity contribution in [2.75, 3.05) is 0 Å². The molecule has 0 fully saturated rings. The molecule has 10 aromatic carbocycles. The van der Waals surface area contributed by atoms with E-state index in [-0.39, 0.29) is 5.41 Å². The summed E-state index contributed by atoms with van der Waals surface area (Å²) in [5.41, 5.74) is 23.4. The summed E-state index contributed by atoms with van der Waals surface area (Å²) in [5.74, 6) is 0.489. The third-order valence-corrected chi connectivity index (χ3v) is 13.1. The molecule has 0 radical (unpaired) electrons. The molecule has 2 nitrogen and oxygen atoms in total.